The number of rotatable bonds is 5. The van der Waals surface area contributed by atoms with Crippen LogP contribution in [0, 0.1) is 12.8 Å². The highest BCUT2D eigenvalue weighted by Crippen LogP contribution is 2.27. The summed E-state index contributed by atoms with van der Waals surface area (Å²) in [7, 11) is -1.87. The third-order valence-corrected chi connectivity index (χ3v) is 5.80. The average Bonchev–Trinajstić information content (AvgIpc) is 2.48. The number of methoxy groups -OCH3 is 1. The molecule has 0 unspecified atom stereocenters. The largest absolute Gasteiger partial charge is 0.496 e. The molecule has 1 aromatic carbocycles. The number of hydrogen-bond acceptors (Lipinski definition) is 5. The first-order valence-electron chi connectivity index (χ1n) is 6.95. The molecule has 1 aromatic rings. The quantitative estimate of drug-likeness (QED) is 0.828. The van der Waals surface area contributed by atoms with Crippen LogP contribution in [0.25, 0.3) is 0 Å². The minimum absolute atomic E-state index is 0.314. The number of hydrogen-bond donors (Lipinski definition) is 1. The zero-order chi connectivity index (χ0) is 15.5. The van der Waals surface area contributed by atoms with Crippen molar-refractivity contribution in [1.29, 1.82) is 0 Å². The topological polar surface area (TPSA) is 81.9 Å². The Morgan fingerprint density at radius 2 is 2.00 bits per heavy atom. The number of nitrogens with zero attached hydrogens (tertiary/aromatic N) is 1. The second-order valence-electron chi connectivity index (χ2n) is 5.31. The van der Waals surface area contributed by atoms with Gasteiger partial charge in [-0.25, -0.2) is 14.3 Å². The van der Waals surface area contributed by atoms with Gasteiger partial charge < -0.3 is 9.57 Å². The van der Waals surface area contributed by atoms with Gasteiger partial charge in [0.1, 0.15) is 5.75 Å². The van der Waals surface area contributed by atoms with Crippen LogP contribution in [0.15, 0.2) is 23.1 Å². The molecule has 118 valence electrons. The van der Waals surface area contributed by atoms with E-state index in [1.165, 1.54) is 4.31 Å². The number of benzene rings is 1. The summed E-state index contributed by atoms with van der Waals surface area (Å²) in [6.45, 7) is 3.32. The third-order valence-electron chi connectivity index (χ3n) is 3.91. The average molecular weight is 314 g/mol. The number of aryl methyl sites for hydroxylation is 1. The van der Waals surface area contributed by atoms with E-state index in [1.807, 2.05) is 6.92 Å². The minimum atomic E-state index is -3.44. The predicted molar refractivity (Wildman–Crippen MR) is 79.4 cm³/mol. The highest BCUT2D eigenvalue weighted by molar-refractivity contribution is 7.89. The molecule has 0 amide bonds. The first-order chi connectivity index (χ1) is 9.98. The van der Waals surface area contributed by atoms with Crippen molar-refractivity contribution in [1.82, 2.24) is 4.31 Å². The molecule has 0 aromatic heterocycles. The lowest BCUT2D eigenvalue weighted by Gasteiger charge is -2.30. The molecule has 21 heavy (non-hydrogen) atoms. The van der Waals surface area contributed by atoms with Crippen LogP contribution < -0.4 is 10.6 Å². The van der Waals surface area contributed by atoms with E-state index in [-0.39, 0.29) is 0 Å². The Balaban J connectivity index is 2.14. The normalized spacial score (nSPS) is 17.9. The van der Waals surface area contributed by atoms with Gasteiger partial charge in [0.15, 0.2) is 0 Å². The maximum atomic E-state index is 12.6. The highest BCUT2D eigenvalue weighted by Gasteiger charge is 2.29. The van der Waals surface area contributed by atoms with Gasteiger partial charge >= 0.3 is 0 Å². The Labute approximate surface area is 125 Å². The van der Waals surface area contributed by atoms with Crippen LogP contribution in [0.4, 0.5) is 0 Å². The molecule has 0 spiro atoms. The Kier molecular flexibility index (Phi) is 5.21. The fraction of sp³-hybridized carbons (Fsp3) is 0.571. The maximum absolute atomic E-state index is 12.6. The van der Waals surface area contributed by atoms with Crippen LogP contribution in [-0.4, -0.2) is 39.5 Å². The van der Waals surface area contributed by atoms with Crippen molar-refractivity contribution in [2.75, 3.05) is 26.8 Å². The van der Waals surface area contributed by atoms with E-state index in [0.717, 1.165) is 18.4 Å². The molecule has 0 atom stereocenters. The van der Waals surface area contributed by atoms with Gasteiger partial charge in [-0.05, 0) is 49.4 Å². The van der Waals surface area contributed by atoms with Crippen LogP contribution >= 0.6 is 0 Å². The van der Waals surface area contributed by atoms with Gasteiger partial charge in [0.25, 0.3) is 0 Å². The molecule has 2 rings (SSSR count). The van der Waals surface area contributed by atoms with Gasteiger partial charge in [0.2, 0.25) is 10.0 Å². The maximum Gasteiger partial charge on any atom is 0.243 e. The SMILES string of the molecule is COc1ccc(S(=O)(=O)N2CCC(CON)CC2)cc1C. The molecular formula is C14H22N2O4S. The number of ether oxygens (including phenoxy) is 1. The van der Waals surface area contributed by atoms with Crippen molar-refractivity contribution in [3.05, 3.63) is 23.8 Å². The fourth-order valence-corrected chi connectivity index (χ4v) is 4.17. The van der Waals surface area contributed by atoms with Crippen molar-refractivity contribution >= 4 is 10.0 Å². The second kappa shape index (κ2) is 6.74. The Morgan fingerprint density at radius 1 is 1.33 bits per heavy atom. The van der Waals surface area contributed by atoms with E-state index < -0.39 is 10.0 Å². The van der Waals surface area contributed by atoms with Crippen LogP contribution in [0.3, 0.4) is 0 Å². The third kappa shape index (κ3) is 3.55. The van der Waals surface area contributed by atoms with E-state index in [0.29, 0.717) is 36.3 Å². The summed E-state index contributed by atoms with van der Waals surface area (Å²) in [6, 6.07) is 4.94. The van der Waals surface area contributed by atoms with Crippen LogP contribution in [0.1, 0.15) is 18.4 Å². The lowest BCUT2D eigenvalue weighted by atomic mass is 9.99. The van der Waals surface area contributed by atoms with E-state index in [2.05, 4.69) is 4.84 Å². The Hall–Kier alpha value is -1.15. The van der Waals surface area contributed by atoms with Crippen molar-refractivity contribution < 1.29 is 18.0 Å². The van der Waals surface area contributed by atoms with Gasteiger partial charge in [0, 0.05) is 13.1 Å². The molecule has 0 radical (unpaired) electrons. The van der Waals surface area contributed by atoms with Crippen LogP contribution in [-0.2, 0) is 14.9 Å². The molecule has 1 aliphatic heterocycles. The summed E-state index contributed by atoms with van der Waals surface area (Å²) in [6.07, 6.45) is 1.54. The molecule has 0 aliphatic carbocycles. The van der Waals surface area contributed by atoms with Gasteiger partial charge in [-0.1, -0.05) is 0 Å². The van der Waals surface area contributed by atoms with E-state index >= 15 is 0 Å². The predicted octanol–water partition coefficient (Wildman–Crippen LogP) is 1.29. The minimum Gasteiger partial charge on any atom is -0.496 e. The van der Waals surface area contributed by atoms with E-state index in [9.17, 15) is 8.42 Å². The summed E-state index contributed by atoms with van der Waals surface area (Å²) in [5.74, 6) is 6.09. The van der Waals surface area contributed by atoms with Gasteiger partial charge in [-0.3, -0.25) is 0 Å². The van der Waals surface area contributed by atoms with E-state index in [1.54, 1.807) is 25.3 Å². The fourth-order valence-electron chi connectivity index (χ4n) is 2.61. The summed E-state index contributed by atoms with van der Waals surface area (Å²) < 4.78 is 32.0. The monoisotopic (exact) mass is 314 g/mol. The number of sulfonamides is 1. The molecule has 6 nitrogen and oxygen atoms in total. The Bertz CT molecular complexity index is 581. The lowest BCUT2D eigenvalue weighted by Crippen LogP contribution is -2.39. The molecule has 7 heteroatoms. The van der Waals surface area contributed by atoms with Gasteiger partial charge in [0.05, 0.1) is 18.6 Å². The first-order valence-corrected chi connectivity index (χ1v) is 8.39. The van der Waals surface area contributed by atoms with Crippen molar-refractivity contribution in [2.45, 2.75) is 24.7 Å². The summed E-state index contributed by atoms with van der Waals surface area (Å²) in [5.41, 5.74) is 0.810. The molecule has 2 N–H and O–H groups in total. The molecule has 1 aliphatic rings. The number of piperidine rings is 1. The zero-order valence-electron chi connectivity index (χ0n) is 12.4. The molecule has 1 fully saturated rings. The lowest BCUT2D eigenvalue weighted by molar-refractivity contribution is 0.0805. The standard InChI is InChI=1S/C14H22N2O4S/c1-11-9-13(3-4-14(11)19-2)21(17,18)16-7-5-12(6-8-16)10-20-15/h3-4,9,12H,5-8,10,15H2,1-2H3. The van der Waals surface area contributed by atoms with Crippen molar-refractivity contribution in [3.63, 3.8) is 0 Å². The zero-order valence-corrected chi connectivity index (χ0v) is 13.2. The van der Waals surface area contributed by atoms with E-state index in [4.69, 9.17) is 10.6 Å². The van der Waals surface area contributed by atoms with Crippen molar-refractivity contribution in [2.24, 2.45) is 11.8 Å². The number of nitrogens with two attached hydrogens (primary N) is 1. The van der Waals surface area contributed by atoms with Gasteiger partial charge in [-0.2, -0.15) is 4.31 Å². The Morgan fingerprint density at radius 3 is 2.52 bits per heavy atom. The molecule has 0 saturated carbocycles. The van der Waals surface area contributed by atoms with Crippen LogP contribution in [0.2, 0.25) is 0 Å². The smallest absolute Gasteiger partial charge is 0.243 e. The summed E-state index contributed by atoms with van der Waals surface area (Å²) in [4.78, 5) is 4.96. The summed E-state index contributed by atoms with van der Waals surface area (Å²) >= 11 is 0. The molecular weight excluding hydrogens is 292 g/mol. The molecule has 1 heterocycles. The van der Waals surface area contributed by atoms with Gasteiger partial charge in [-0.15, -0.1) is 0 Å². The second-order valence-corrected chi connectivity index (χ2v) is 7.25. The molecule has 1 saturated heterocycles. The van der Waals surface area contributed by atoms with Crippen LogP contribution in [0.5, 0.6) is 5.75 Å². The first kappa shape index (κ1) is 16.2. The molecule has 0 bridgehead atoms. The summed E-state index contributed by atoms with van der Waals surface area (Å²) in [5, 5.41) is 0. The highest BCUT2D eigenvalue weighted by atomic mass is 32.2. The van der Waals surface area contributed by atoms with Crippen molar-refractivity contribution in [3.8, 4) is 5.75 Å².